The Labute approximate surface area is 166 Å². The van der Waals surface area contributed by atoms with Crippen LogP contribution in [0.5, 0.6) is 5.75 Å². The number of carbonyl (C=O) groups excluding carboxylic acids is 1. The second-order valence-electron chi connectivity index (χ2n) is 8.08. The smallest absolute Gasteiger partial charge is 0.231 e. The molecule has 150 valence electrons. The van der Waals surface area contributed by atoms with Crippen molar-refractivity contribution < 1.29 is 14.1 Å². The molecular weight excluding hydrogens is 354 g/mol. The van der Waals surface area contributed by atoms with Crippen molar-refractivity contribution in [2.45, 2.75) is 57.3 Å². The molecule has 6 nitrogen and oxygen atoms in total. The van der Waals surface area contributed by atoms with Crippen molar-refractivity contribution in [3.63, 3.8) is 0 Å². The molecule has 2 heterocycles. The van der Waals surface area contributed by atoms with E-state index < -0.39 is 0 Å². The molecule has 0 unspecified atom stereocenters. The average molecular weight is 383 g/mol. The highest BCUT2D eigenvalue weighted by Crippen LogP contribution is 2.31. The summed E-state index contributed by atoms with van der Waals surface area (Å²) in [4.78, 5) is 19.4. The Bertz CT molecular complexity index is 798. The summed E-state index contributed by atoms with van der Waals surface area (Å²) in [5, 5.41) is 4.16. The Morgan fingerprint density at radius 3 is 2.89 bits per heavy atom. The maximum atomic E-state index is 12.8. The fourth-order valence-electron chi connectivity index (χ4n) is 4.45. The van der Waals surface area contributed by atoms with Gasteiger partial charge in [0.05, 0.1) is 13.0 Å². The first-order chi connectivity index (χ1) is 13.7. The first-order valence-corrected chi connectivity index (χ1v) is 10.5. The summed E-state index contributed by atoms with van der Waals surface area (Å²) in [7, 11) is 1.64. The summed E-state index contributed by atoms with van der Waals surface area (Å²) < 4.78 is 10.8. The van der Waals surface area contributed by atoms with Crippen molar-refractivity contribution in [3.8, 4) is 17.1 Å². The van der Waals surface area contributed by atoms with Crippen LogP contribution >= 0.6 is 0 Å². The molecule has 0 spiro atoms. The lowest BCUT2D eigenvalue weighted by Gasteiger charge is -2.32. The number of likely N-dealkylation sites (tertiary alicyclic amines) is 1. The van der Waals surface area contributed by atoms with E-state index in [9.17, 15) is 4.79 Å². The van der Waals surface area contributed by atoms with Crippen LogP contribution in [0.2, 0.25) is 0 Å². The number of nitrogens with zero attached hydrogens (tertiary/aromatic N) is 3. The van der Waals surface area contributed by atoms with Gasteiger partial charge in [0.1, 0.15) is 5.75 Å². The lowest BCUT2D eigenvalue weighted by atomic mass is 9.86. The number of carbonyl (C=O) groups is 1. The van der Waals surface area contributed by atoms with Gasteiger partial charge < -0.3 is 14.2 Å². The molecule has 0 radical (unpaired) electrons. The summed E-state index contributed by atoms with van der Waals surface area (Å²) in [6.45, 7) is 1.53. The van der Waals surface area contributed by atoms with E-state index in [-0.39, 0.29) is 5.92 Å². The van der Waals surface area contributed by atoms with E-state index in [1.807, 2.05) is 29.2 Å². The van der Waals surface area contributed by atoms with Crippen LogP contribution in [0.4, 0.5) is 0 Å². The highest BCUT2D eigenvalue weighted by Gasteiger charge is 2.30. The SMILES string of the molecule is COc1cccc(-c2noc([C@@H]3CCCN(C(=O)CC4CCCCC4)C3)n2)c1. The van der Waals surface area contributed by atoms with E-state index >= 15 is 0 Å². The number of aromatic nitrogens is 2. The second-order valence-corrected chi connectivity index (χ2v) is 8.08. The van der Waals surface area contributed by atoms with Gasteiger partial charge >= 0.3 is 0 Å². The maximum absolute atomic E-state index is 12.8. The predicted octanol–water partition coefficient (Wildman–Crippen LogP) is 4.42. The van der Waals surface area contributed by atoms with Gasteiger partial charge in [0.15, 0.2) is 0 Å². The molecule has 4 rings (SSSR count). The first-order valence-electron chi connectivity index (χ1n) is 10.5. The van der Waals surface area contributed by atoms with Crippen molar-refractivity contribution in [2.75, 3.05) is 20.2 Å². The average Bonchev–Trinajstić information content (AvgIpc) is 3.25. The zero-order chi connectivity index (χ0) is 19.3. The summed E-state index contributed by atoms with van der Waals surface area (Å²) in [6, 6.07) is 7.64. The molecular formula is C22H29N3O3. The van der Waals surface area contributed by atoms with Gasteiger partial charge in [-0.3, -0.25) is 4.79 Å². The van der Waals surface area contributed by atoms with Crippen LogP contribution in [0.25, 0.3) is 11.4 Å². The van der Waals surface area contributed by atoms with E-state index in [1.54, 1.807) is 7.11 Å². The summed E-state index contributed by atoms with van der Waals surface area (Å²) >= 11 is 0. The molecule has 1 saturated heterocycles. The van der Waals surface area contributed by atoms with Crippen LogP contribution in [0, 0.1) is 5.92 Å². The zero-order valence-electron chi connectivity index (χ0n) is 16.6. The van der Waals surface area contributed by atoms with Crippen molar-refractivity contribution in [2.24, 2.45) is 5.92 Å². The molecule has 1 aliphatic carbocycles. The van der Waals surface area contributed by atoms with Crippen molar-refractivity contribution >= 4 is 5.91 Å². The van der Waals surface area contributed by atoms with Crippen molar-refractivity contribution in [1.29, 1.82) is 0 Å². The Hall–Kier alpha value is -2.37. The van der Waals surface area contributed by atoms with Gasteiger partial charge in [-0.1, -0.05) is 36.6 Å². The van der Waals surface area contributed by atoms with E-state index in [2.05, 4.69) is 10.1 Å². The van der Waals surface area contributed by atoms with Crippen molar-refractivity contribution in [3.05, 3.63) is 30.2 Å². The molecule has 2 aromatic rings. The van der Waals surface area contributed by atoms with Crippen LogP contribution in [0.1, 0.15) is 63.2 Å². The number of ether oxygens (including phenoxy) is 1. The van der Waals surface area contributed by atoms with Gasteiger partial charge in [0.2, 0.25) is 17.6 Å². The molecule has 0 bridgehead atoms. The number of methoxy groups -OCH3 is 1. The molecule has 1 amide bonds. The van der Waals surface area contributed by atoms with E-state index in [0.29, 0.717) is 36.5 Å². The van der Waals surface area contributed by atoms with Gasteiger partial charge in [0, 0.05) is 25.1 Å². The predicted molar refractivity (Wildman–Crippen MR) is 106 cm³/mol. The van der Waals surface area contributed by atoms with Crippen LogP contribution < -0.4 is 4.74 Å². The van der Waals surface area contributed by atoms with E-state index in [4.69, 9.17) is 9.26 Å². The third-order valence-corrected chi connectivity index (χ3v) is 6.08. The Morgan fingerprint density at radius 1 is 1.21 bits per heavy atom. The summed E-state index contributed by atoms with van der Waals surface area (Å²) in [5.41, 5.74) is 0.871. The summed E-state index contributed by atoms with van der Waals surface area (Å²) in [5.74, 6) is 2.96. The number of hydrogen-bond acceptors (Lipinski definition) is 5. The number of amides is 1. The molecule has 28 heavy (non-hydrogen) atoms. The van der Waals surface area contributed by atoms with Gasteiger partial charge in [-0.05, 0) is 43.7 Å². The van der Waals surface area contributed by atoms with Gasteiger partial charge in [-0.15, -0.1) is 0 Å². The minimum Gasteiger partial charge on any atom is -0.497 e. The fourth-order valence-corrected chi connectivity index (χ4v) is 4.45. The number of rotatable bonds is 5. The fraction of sp³-hybridized carbons (Fsp3) is 0.591. The third-order valence-electron chi connectivity index (χ3n) is 6.08. The largest absolute Gasteiger partial charge is 0.497 e. The monoisotopic (exact) mass is 383 g/mol. The van der Waals surface area contributed by atoms with Gasteiger partial charge in [-0.2, -0.15) is 4.98 Å². The van der Waals surface area contributed by atoms with Crippen LogP contribution in [-0.4, -0.2) is 41.1 Å². The molecule has 1 aliphatic heterocycles. The highest BCUT2D eigenvalue weighted by molar-refractivity contribution is 5.76. The lowest BCUT2D eigenvalue weighted by molar-refractivity contribution is -0.133. The number of piperidine rings is 1. The van der Waals surface area contributed by atoms with E-state index in [1.165, 1.54) is 32.1 Å². The number of benzene rings is 1. The molecule has 1 saturated carbocycles. The molecule has 2 aliphatic rings. The van der Waals surface area contributed by atoms with Crippen molar-refractivity contribution in [1.82, 2.24) is 15.0 Å². The van der Waals surface area contributed by atoms with Gasteiger partial charge in [0.25, 0.3) is 0 Å². The van der Waals surface area contributed by atoms with Gasteiger partial charge in [-0.25, -0.2) is 0 Å². The molecule has 0 N–H and O–H groups in total. The zero-order valence-corrected chi connectivity index (χ0v) is 16.6. The quantitative estimate of drug-likeness (QED) is 0.764. The molecule has 1 aromatic carbocycles. The highest BCUT2D eigenvalue weighted by atomic mass is 16.5. The molecule has 6 heteroatoms. The van der Waals surface area contributed by atoms with E-state index in [0.717, 1.165) is 30.7 Å². The maximum Gasteiger partial charge on any atom is 0.231 e. The Balaban J connectivity index is 1.40. The first kappa shape index (κ1) is 19.0. The molecule has 1 atom stereocenters. The standard InChI is InChI=1S/C22H29N3O3/c1-27-19-11-5-9-17(14-19)21-23-22(28-24-21)18-10-6-12-25(15-18)20(26)13-16-7-3-2-4-8-16/h5,9,11,14,16,18H,2-4,6-8,10,12-13,15H2,1H3/t18-/m1/s1. The van der Waals surface area contributed by atoms with Crippen LogP contribution in [0.3, 0.4) is 0 Å². The third kappa shape index (κ3) is 4.37. The molecule has 2 fully saturated rings. The Morgan fingerprint density at radius 2 is 2.07 bits per heavy atom. The minimum absolute atomic E-state index is 0.121. The summed E-state index contributed by atoms with van der Waals surface area (Å²) in [6.07, 6.45) is 8.94. The topological polar surface area (TPSA) is 68.5 Å². The minimum atomic E-state index is 0.121. The normalized spacial score (nSPS) is 20.9. The van der Waals surface area contributed by atoms with Crippen LogP contribution in [-0.2, 0) is 4.79 Å². The molecule has 1 aromatic heterocycles. The second kappa shape index (κ2) is 8.76. The lowest BCUT2D eigenvalue weighted by Crippen LogP contribution is -2.40. The Kier molecular flexibility index (Phi) is 5.93. The number of hydrogen-bond donors (Lipinski definition) is 0. The van der Waals surface area contributed by atoms with Crippen LogP contribution in [0.15, 0.2) is 28.8 Å².